The molecule has 3 aliphatic rings. The zero-order chi connectivity index (χ0) is 22.8. The lowest BCUT2D eigenvalue weighted by Gasteiger charge is -2.44. The van der Waals surface area contributed by atoms with E-state index in [1.165, 1.54) is 36.8 Å². The summed E-state index contributed by atoms with van der Waals surface area (Å²) >= 11 is 0. The maximum atomic E-state index is 10.5. The van der Waals surface area contributed by atoms with Crippen LogP contribution in [0.1, 0.15) is 85.0 Å². The molecule has 4 N–H and O–H groups in total. The first kappa shape index (κ1) is 24.7. The van der Waals surface area contributed by atoms with Crippen molar-refractivity contribution in [2.75, 3.05) is 6.61 Å². The van der Waals surface area contributed by atoms with Crippen molar-refractivity contribution < 1.29 is 20.4 Å². The van der Waals surface area contributed by atoms with Gasteiger partial charge in [0.1, 0.15) is 0 Å². The van der Waals surface area contributed by atoms with E-state index in [-0.39, 0.29) is 24.5 Å². The van der Waals surface area contributed by atoms with Crippen molar-refractivity contribution in [3.05, 3.63) is 35.5 Å². The fourth-order valence-electron chi connectivity index (χ4n) is 6.86. The molecular weight excluding hydrogens is 388 g/mol. The zero-order valence-corrected chi connectivity index (χ0v) is 19.8. The molecule has 0 heterocycles. The van der Waals surface area contributed by atoms with Gasteiger partial charge < -0.3 is 20.4 Å². The molecule has 4 heteroatoms. The molecule has 0 aromatic carbocycles. The van der Waals surface area contributed by atoms with Crippen LogP contribution in [0.5, 0.6) is 0 Å². The van der Waals surface area contributed by atoms with E-state index in [0.717, 1.165) is 25.7 Å². The van der Waals surface area contributed by atoms with Gasteiger partial charge in [-0.3, -0.25) is 0 Å². The fourth-order valence-corrected chi connectivity index (χ4v) is 6.86. The summed E-state index contributed by atoms with van der Waals surface area (Å²) in [6.07, 6.45) is 13.0. The summed E-state index contributed by atoms with van der Waals surface area (Å²) in [6.45, 7) is 10.2. The second-order valence-corrected chi connectivity index (χ2v) is 11.3. The van der Waals surface area contributed by atoms with Crippen LogP contribution in [0.25, 0.3) is 0 Å². The van der Waals surface area contributed by atoms with Gasteiger partial charge >= 0.3 is 0 Å². The number of aliphatic hydroxyl groups excluding tert-OH is 3. The van der Waals surface area contributed by atoms with Crippen molar-refractivity contribution in [1.82, 2.24) is 0 Å². The van der Waals surface area contributed by atoms with E-state index >= 15 is 0 Å². The molecule has 0 spiro atoms. The number of hydrogen-bond donors (Lipinski definition) is 4. The molecule has 3 saturated carbocycles. The highest BCUT2D eigenvalue weighted by molar-refractivity contribution is 5.36. The molecular formula is C27H44O4. The van der Waals surface area contributed by atoms with Crippen LogP contribution in [-0.2, 0) is 0 Å². The average Bonchev–Trinajstić information content (AvgIpc) is 3.05. The Labute approximate surface area is 188 Å². The topological polar surface area (TPSA) is 80.9 Å². The van der Waals surface area contributed by atoms with Crippen LogP contribution in [0.3, 0.4) is 0 Å². The minimum Gasteiger partial charge on any atom is -0.393 e. The quantitative estimate of drug-likeness (QED) is 0.471. The lowest BCUT2D eigenvalue weighted by atomic mass is 9.60. The van der Waals surface area contributed by atoms with Gasteiger partial charge in [0.2, 0.25) is 0 Å². The second-order valence-electron chi connectivity index (χ2n) is 11.3. The molecule has 7 atom stereocenters. The summed E-state index contributed by atoms with van der Waals surface area (Å²) < 4.78 is 0. The van der Waals surface area contributed by atoms with Gasteiger partial charge in [-0.05, 0) is 93.5 Å². The number of rotatable bonds is 7. The van der Waals surface area contributed by atoms with Gasteiger partial charge in [0.05, 0.1) is 24.4 Å². The number of aliphatic hydroxyl groups is 4. The summed E-state index contributed by atoms with van der Waals surface area (Å²) in [5.41, 5.74) is 2.97. The van der Waals surface area contributed by atoms with Crippen LogP contribution in [0.4, 0.5) is 0 Å². The van der Waals surface area contributed by atoms with Crippen LogP contribution in [0, 0.1) is 23.2 Å². The van der Waals surface area contributed by atoms with Gasteiger partial charge in [0.25, 0.3) is 0 Å². The molecule has 4 nitrogen and oxygen atoms in total. The summed E-state index contributed by atoms with van der Waals surface area (Å²) in [7, 11) is 0. The third-order valence-corrected chi connectivity index (χ3v) is 8.57. The Kier molecular flexibility index (Phi) is 7.89. The lowest BCUT2D eigenvalue weighted by molar-refractivity contribution is -0.0439. The first-order valence-corrected chi connectivity index (χ1v) is 12.3. The molecule has 0 aromatic heterocycles. The molecule has 3 aliphatic carbocycles. The van der Waals surface area contributed by atoms with Gasteiger partial charge in [0.15, 0.2) is 0 Å². The van der Waals surface area contributed by atoms with E-state index < -0.39 is 11.7 Å². The van der Waals surface area contributed by atoms with Crippen LogP contribution in [0.2, 0.25) is 0 Å². The highest BCUT2D eigenvalue weighted by Gasteiger charge is 2.50. The van der Waals surface area contributed by atoms with E-state index in [9.17, 15) is 20.4 Å². The van der Waals surface area contributed by atoms with E-state index in [1.807, 2.05) is 0 Å². The summed E-state index contributed by atoms with van der Waals surface area (Å²) in [6, 6.07) is 0. The predicted molar refractivity (Wildman–Crippen MR) is 125 cm³/mol. The molecule has 0 saturated heterocycles. The summed E-state index contributed by atoms with van der Waals surface area (Å²) in [4.78, 5) is 0. The monoisotopic (exact) mass is 432 g/mol. The first-order valence-electron chi connectivity index (χ1n) is 12.3. The van der Waals surface area contributed by atoms with Gasteiger partial charge in [-0.25, -0.2) is 0 Å². The van der Waals surface area contributed by atoms with E-state index in [0.29, 0.717) is 24.2 Å². The Bertz CT molecular complexity index is 706. The number of fused-ring (bicyclic) bond motifs is 1. The van der Waals surface area contributed by atoms with E-state index in [1.54, 1.807) is 12.5 Å². The standard InChI is InChI=1S/C27H44O4/c1-18-7-10-22(29)15-21(18)9-8-20-6-5-13-27(4)24(11-12-25(20)27)19(2)14-23(30)16-26(3,31)17-28/h8-9,19,22-25,28-31H,1,5-7,10-17H2,2-4H3/b20-8?,21-9-/t19-,22+,23?,24-,25?,26?,27-/m1/s1. The Balaban J connectivity index is 1.70. The average molecular weight is 433 g/mol. The second kappa shape index (κ2) is 9.91. The van der Waals surface area contributed by atoms with Gasteiger partial charge in [0, 0.05) is 6.42 Å². The molecule has 0 aliphatic heterocycles. The third kappa shape index (κ3) is 5.71. The highest BCUT2D eigenvalue weighted by atomic mass is 16.3. The van der Waals surface area contributed by atoms with Gasteiger partial charge in [-0.2, -0.15) is 0 Å². The number of allylic oxidation sites excluding steroid dienone is 4. The van der Waals surface area contributed by atoms with Gasteiger partial charge in [-0.15, -0.1) is 0 Å². The van der Waals surface area contributed by atoms with E-state index in [2.05, 4.69) is 32.6 Å². The molecule has 3 rings (SSSR count). The highest BCUT2D eigenvalue weighted by Crippen LogP contribution is 2.60. The van der Waals surface area contributed by atoms with Crippen molar-refractivity contribution >= 4 is 0 Å². The normalized spacial score (nSPS) is 38.2. The minimum absolute atomic E-state index is 0.217. The Hall–Kier alpha value is -0.940. The SMILES string of the molecule is C=C1CC[C@H](O)C/C1=C/C=C1CCC[C@@]2(C)C1CC[C@@H]2[C@H](C)CC(O)CC(C)(O)CO. The fraction of sp³-hybridized carbons (Fsp3) is 0.778. The Morgan fingerprint density at radius 1 is 1.23 bits per heavy atom. The maximum absolute atomic E-state index is 10.5. The Morgan fingerprint density at radius 2 is 1.97 bits per heavy atom. The van der Waals surface area contributed by atoms with Crippen molar-refractivity contribution in [2.45, 2.75) is 103 Å². The molecule has 0 aromatic rings. The van der Waals surface area contributed by atoms with Crippen LogP contribution < -0.4 is 0 Å². The summed E-state index contributed by atoms with van der Waals surface area (Å²) in [5, 5.41) is 40.0. The molecule has 3 unspecified atom stereocenters. The predicted octanol–water partition coefficient (Wildman–Crippen LogP) is 4.68. The zero-order valence-electron chi connectivity index (χ0n) is 19.8. The largest absolute Gasteiger partial charge is 0.393 e. The van der Waals surface area contributed by atoms with Crippen molar-refractivity contribution in [1.29, 1.82) is 0 Å². The van der Waals surface area contributed by atoms with Crippen LogP contribution in [-0.4, -0.2) is 44.8 Å². The molecule has 0 radical (unpaired) electrons. The summed E-state index contributed by atoms with van der Waals surface area (Å²) in [5.74, 6) is 1.53. The van der Waals surface area contributed by atoms with Crippen LogP contribution >= 0.6 is 0 Å². The third-order valence-electron chi connectivity index (χ3n) is 8.57. The van der Waals surface area contributed by atoms with Crippen molar-refractivity contribution in [2.24, 2.45) is 23.2 Å². The van der Waals surface area contributed by atoms with Gasteiger partial charge in [-0.1, -0.05) is 43.7 Å². The minimum atomic E-state index is -1.22. The maximum Gasteiger partial charge on any atom is 0.0874 e. The van der Waals surface area contributed by atoms with E-state index in [4.69, 9.17) is 0 Å². The smallest absolute Gasteiger partial charge is 0.0874 e. The number of hydrogen-bond acceptors (Lipinski definition) is 4. The first-order chi connectivity index (χ1) is 14.6. The molecule has 0 amide bonds. The lowest BCUT2D eigenvalue weighted by Crippen LogP contribution is -2.38. The molecule has 31 heavy (non-hydrogen) atoms. The van der Waals surface area contributed by atoms with Crippen LogP contribution in [0.15, 0.2) is 35.5 Å². The molecule has 0 bridgehead atoms. The van der Waals surface area contributed by atoms with Crippen molar-refractivity contribution in [3.8, 4) is 0 Å². The molecule has 176 valence electrons. The Morgan fingerprint density at radius 3 is 2.68 bits per heavy atom. The van der Waals surface area contributed by atoms with Crippen molar-refractivity contribution in [3.63, 3.8) is 0 Å². The molecule has 3 fully saturated rings.